The molecule has 26 heavy (non-hydrogen) atoms. The number of nitrogens with zero attached hydrogens (tertiary/aromatic N) is 2. The second-order valence-corrected chi connectivity index (χ2v) is 10.3. The summed E-state index contributed by atoms with van der Waals surface area (Å²) in [6, 6.07) is 9.94. The van der Waals surface area contributed by atoms with Crippen molar-refractivity contribution in [2.75, 3.05) is 24.6 Å². The average Bonchev–Trinajstić information content (AvgIpc) is 3.11. The number of carbonyl (C=O) groups excluding carboxylic acids is 1. The van der Waals surface area contributed by atoms with Gasteiger partial charge in [-0.25, -0.2) is 8.42 Å². The van der Waals surface area contributed by atoms with Gasteiger partial charge in [-0.05, 0) is 25.3 Å². The van der Waals surface area contributed by atoms with Crippen molar-refractivity contribution in [3.8, 4) is 0 Å². The summed E-state index contributed by atoms with van der Waals surface area (Å²) in [4.78, 5) is 16.9. The Morgan fingerprint density at radius 1 is 1.35 bits per heavy atom. The van der Waals surface area contributed by atoms with Gasteiger partial charge in [-0.1, -0.05) is 54.3 Å². The summed E-state index contributed by atoms with van der Waals surface area (Å²) in [7, 11) is -2.96. The SMILES string of the molecule is CCN(C=C1SC(=S)N(CCc2ccccc2)C1=O)C1CCS(=O)(=O)C1. The maximum Gasteiger partial charge on any atom is 0.267 e. The van der Waals surface area contributed by atoms with E-state index in [1.807, 2.05) is 42.2 Å². The van der Waals surface area contributed by atoms with Crippen molar-refractivity contribution in [2.24, 2.45) is 0 Å². The number of hydrogen-bond donors (Lipinski definition) is 0. The van der Waals surface area contributed by atoms with Gasteiger partial charge in [0.15, 0.2) is 9.84 Å². The van der Waals surface area contributed by atoms with Crippen molar-refractivity contribution in [3.63, 3.8) is 0 Å². The Hall–Kier alpha value is -1.38. The van der Waals surface area contributed by atoms with Crippen LogP contribution < -0.4 is 0 Å². The van der Waals surface area contributed by atoms with Crippen molar-refractivity contribution in [1.29, 1.82) is 0 Å². The molecule has 8 heteroatoms. The van der Waals surface area contributed by atoms with Crippen molar-refractivity contribution >= 4 is 44.0 Å². The van der Waals surface area contributed by atoms with E-state index in [0.717, 1.165) is 12.0 Å². The summed E-state index contributed by atoms with van der Waals surface area (Å²) >= 11 is 6.68. The topological polar surface area (TPSA) is 57.7 Å². The summed E-state index contributed by atoms with van der Waals surface area (Å²) in [6.07, 6.45) is 3.16. The molecule has 2 fully saturated rings. The Kier molecular flexibility index (Phi) is 6.04. The van der Waals surface area contributed by atoms with Crippen molar-refractivity contribution in [1.82, 2.24) is 9.80 Å². The number of thioether (sulfide) groups is 1. The van der Waals surface area contributed by atoms with E-state index in [-0.39, 0.29) is 23.5 Å². The molecule has 2 aliphatic rings. The maximum atomic E-state index is 12.7. The quantitative estimate of drug-likeness (QED) is 0.530. The number of rotatable bonds is 6. The first-order valence-electron chi connectivity index (χ1n) is 8.65. The predicted molar refractivity (Wildman–Crippen MR) is 110 cm³/mol. The molecule has 5 nitrogen and oxygen atoms in total. The van der Waals surface area contributed by atoms with Crippen molar-refractivity contribution in [3.05, 3.63) is 47.0 Å². The van der Waals surface area contributed by atoms with Crippen LogP contribution in [0.3, 0.4) is 0 Å². The first-order valence-corrected chi connectivity index (χ1v) is 11.7. The molecular weight excluding hydrogens is 388 g/mol. The Morgan fingerprint density at radius 2 is 2.08 bits per heavy atom. The minimum Gasteiger partial charge on any atom is -0.373 e. The molecule has 0 aromatic heterocycles. The second kappa shape index (κ2) is 8.10. The van der Waals surface area contributed by atoms with Gasteiger partial charge in [-0.15, -0.1) is 0 Å². The standard InChI is InChI=1S/C18H22N2O3S3/c1-2-19(15-9-11-26(22,23)13-15)12-16-17(21)20(18(24)25-16)10-8-14-6-4-3-5-7-14/h3-7,12,15H,2,8-11,13H2,1H3. The van der Waals surface area contributed by atoms with Gasteiger partial charge in [0, 0.05) is 25.3 Å². The van der Waals surface area contributed by atoms with Gasteiger partial charge >= 0.3 is 0 Å². The van der Waals surface area contributed by atoms with Gasteiger partial charge in [0.1, 0.15) is 4.32 Å². The van der Waals surface area contributed by atoms with Crippen LogP contribution in [0.2, 0.25) is 0 Å². The summed E-state index contributed by atoms with van der Waals surface area (Å²) in [5.41, 5.74) is 1.16. The Morgan fingerprint density at radius 3 is 2.69 bits per heavy atom. The van der Waals surface area contributed by atoms with E-state index < -0.39 is 9.84 Å². The molecule has 0 aliphatic carbocycles. The Labute approximate surface area is 164 Å². The molecule has 0 spiro atoms. The molecule has 1 aromatic rings. The minimum atomic E-state index is -2.96. The molecular formula is C18H22N2O3S3. The number of amides is 1. The summed E-state index contributed by atoms with van der Waals surface area (Å²) in [6.45, 7) is 3.18. The van der Waals surface area contributed by atoms with Crippen LogP contribution in [0.25, 0.3) is 0 Å². The average molecular weight is 411 g/mol. The molecule has 2 saturated heterocycles. The lowest BCUT2D eigenvalue weighted by atomic mass is 10.1. The fourth-order valence-corrected chi connectivity index (χ4v) is 6.26. The van der Waals surface area contributed by atoms with Gasteiger partial charge in [-0.2, -0.15) is 0 Å². The van der Waals surface area contributed by atoms with E-state index in [2.05, 4.69) is 0 Å². The summed E-state index contributed by atoms with van der Waals surface area (Å²) in [5, 5.41) is 0. The monoisotopic (exact) mass is 410 g/mol. The van der Waals surface area contributed by atoms with E-state index in [4.69, 9.17) is 12.2 Å². The second-order valence-electron chi connectivity index (χ2n) is 6.44. The molecule has 2 heterocycles. The molecule has 1 unspecified atom stereocenters. The molecule has 0 bridgehead atoms. The first-order chi connectivity index (χ1) is 12.4. The van der Waals surface area contributed by atoms with Crippen LogP contribution in [0.15, 0.2) is 41.4 Å². The highest BCUT2D eigenvalue weighted by Gasteiger charge is 2.35. The molecule has 140 valence electrons. The van der Waals surface area contributed by atoms with Crippen LogP contribution in [0, 0.1) is 0 Å². The van der Waals surface area contributed by atoms with Crippen molar-refractivity contribution in [2.45, 2.75) is 25.8 Å². The van der Waals surface area contributed by atoms with E-state index in [1.165, 1.54) is 11.8 Å². The lowest BCUT2D eigenvalue weighted by Gasteiger charge is -2.25. The molecule has 1 aromatic carbocycles. The number of thiocarbonyl (C=S) groups is 1. The molecule has 1 amide bonds. The van der Waals surface area contributed by atoms with Gasteiger partial charge in [0.25, 0.3) is 5.91 Å². The molecule has 3 rings (SSSR count). The first kappa shape index (κ1) is 19.4. The lowest BCUT2D eigenvalue weighted by molar-refractivity contribution is -0.122. The fourth-order valence-electron chi connectivity index (χ4n) is 3.21. The number of carbonyl (C=O) groups is 1. The third kappa shape index (κ3) is 4.47. The third-order valence-electron chi connectivity index (χ3n) is 4.67. The van der Waals surface area contributed by atoms with Crippen LogP contribution in [0.4, 0.5) is 0 Å². The largest absolute Gasteiger partial charge is 0.373 e. The maximum absolute atomic E-state index is 12.7. The van der Waals surface area contributed by atoms with Crippen LogP contribution in [0.1, 0.15) is 18.9 Å². The number of hydrogen-bond acceptors (Lipinski definition) is 6. The van der Waals surface area contributed by atoms with Gasteiger partial charge in [0.2, 0.25) is 0 Å². The normalized spacial score (nSPS) is 23.8. The molecule has 0 radical (unpaired) electrons. The zero-order valence-electron chi connectivity index (χ0n) is 14.6. The highest BCUT2D eigenvalue weighted by atomic mass is 32.2. The van der Waals surface area contributed by atoms with Crippen LogP contribution in [-0.2, 0) is 21.1 Å². The molecule has 2 aliphatic heterocycles. The van der Waals surface area contributed by atoms with E-state index in [1.54, 1.807) is 11.1 Å². The fraction of sp³-hybridized carbons (Fsp3) is 0.444. The van der Waals surface area contributed by atoms with Crippen LogP contribution in [-0.4, -0.2) is 59.1 Å². The van der Waals surface area contributed by atoms with Crippen LogP contribution >= 0.6 is 24.0 Å². The molecule has 0 saturated carbocycles. The molecule has 0 N–H and O–H groups in total. The van der Waals surface area contributed by atoms with Crippen LogP contribution in [0.5, 0.6) is 0 Å². The third-order valence-corrected chi connectivity index (χ3v) is 7.78. The highest BCUT2D eigenvalue weighted by molar-refractivity contribution is 8.26. The molecule has 1 atom stereocenters. The zero-order chi connectivity index (χ0) is 18.7. The van der Waals surface area contributed by atoms with Gasteiger partial charge < -0.3 is 4.90 Å². The van der Waals surface area contributed by atoms with E-state index in [0.29, 0.717) is 28.7 Å². The predicted octanol–water partition coefficient (Wildman–Crippen LogP) is 2.44. The smallest absolute Gasteiger partial charge is 0.267 e. The highest BCUT2D eigenvalue weighted by Crippen LogP contribution is 2.32. The van der Waals surface area contributed by atoms with E-state index in [9.17, 15) is 13.2 Å². The Balaban J connectivity index is 1.68. The van der Waals surface area contributed by atoms with Crippen molar-refractivity contribution < 1.29 is 13.2 Å². The van der Waals surface area contributed by atoms with E-state index >= 15 is 0 Å². The number of benzene rings is 1. The number of sulfone groups is 1. The Bertz CT molecular complexity index is 821. The minimum absolute atomic E-state index is 0.0576. The zero-order valence-corrected chi connectivity index (χ0v) is 17.1. The lowest BCUT2D eigenvalue weighted by Crippen LogP contribution is -2.33. The van der Waals surface area contributed by atoms with Gasteiger partial charge in [0.05, 0.1) is 16.4 Å². The van der Waals surface area contributed by atoms with Gasteiger partial charge in [-0.3, -0.25) is 9.69 Å². The summed E-state index contributed by atoms with van der Waals surface area (Å²) < 4.78 is 24.0. The summed E-state index contributed by atoms with van der Waals surface area (Å²) in [5.74, 6) is 0.293.